The van der Waals surface area contributed by atoms with Gasteiger partial charge in [0.15, 0.2) is 0 Å². The number of hydrogen-bond acceptors (Lipinski definition) is 4. The normalized spacial score (nSPS) is 13.1. The number of fused-ring (bicyclic) bond motifs is 1. The van der Waals surface area contributed by atoms with Gasteiger partial charge in [0.1, 0.15) is 11.5 Å². The highest BCUT2D eigenvalue weighted by molar-refractivity contribution is 5.92. The van der Waals surface area contributed by atoms with Crippen molar-refractivity contribution in [1.29, 1.82) is 0 Å². The molecule has 1 amide bonds. The summed E-state index contributed by atoms with van der Waals surface area (Å²) in [6.45, 7) is 5.53. The lowest BCUT2D eigenvalue weighted by Gasteiger charge is -2.28. The zero-order chi connectivity index (χ0) is 19.5. The third kappa shape index (κ3) is 3.60. The van der Waals surface area contributed by atoms with E-state index in [0.717, 1.165) is 24.1 Å². The van der Waals surface area contributed by atoms with E-state index in [1.165, 1.54) is 16.7 Å². The number of carbonyl (C=O) groups excluding carboxylic acids is 1. The molecule has 0 unspecified atom stereocenters. The highest BCUT2D eigenvalue weighted by Crippen LogP contribution is 2.24. The smallest absolute Gasteiger partial charge is 0.274 e. The number of rotatable bonds is 4. The van der Waals surface area contributed by atoms with Gasteiger partial charge in [-0.1, -0.05) is 49.4 Å². The molecule has 0 radical (unpaired) electrons. The van der Waals surface area contributed by atoms with E-state index in [2.05, 4.69) is 59.5 Å². The molecule has 5 nitrogen and oxygen atoms in total. The Kier molecular flexibility index (Phi) is 5.06. The van der Waals surface area contributed by atoms with Crippen molar-refractivity contribution in [3.63, 3.8) is 0 Å². The zero-order valence-corrected chi connectivity index (χ0v) is 16.3. The Morgan fingerprint density at radius 3 is 2.64 bits per heavy atom. The van der Waals surface area contributed by atoms with Crippen LogP contribution in [-0.4, -0.2) is 27.3 Å². The predicted molar refractivity (Wildman–Crippen MR) is 111 cm³/mol. The van der Waals surface area contributed by atoms with Gasteiger partial charge in [-0.3, -0.25) is 4.79 Å². The number of amides is 1. The lowest BCUT2D eigenvalue weighted by molar-refractivity contribution is 0.0728. The minimum Gasteiger partial charge on any atom is -0.339 e. The number of para-hydroxylation sites is 1. The summed E-state index contributed by atoms with van der Waals surface area (Å²) < 4.78 is 0. The molecule has 28 heavy (non-hydrogen) atoms. The third-order valence-electron chi connectivity index (χ3n) is 5.28. The summed E-state index contributed by atoms with van der Waals surface area (Å²) in [6, 6.07) is 14.5. The lowest BCUT2D eigenvalue weighted by atomic mass is 10.00. The van der Waals surface area contributed by atoms with Crippen LogP contribution in [0.15, 0.2) is 54.9 Å². The maximum absolute atomic E-state index is 12.8. The van der Waals surface area contributed by atoms with E-state index in [9.17, 15) is 4.79 Å². The Bertz CT molecular complexity index is 998. The molecule has 3 aromatic rings. The van der Waals surface area contributed by atoms with Crippen molar-refractivity contribution < 1.29 is 4.79 Å². The SMILES string of the molecule is CCc1cccc(C)c1Nc1cnc(C(=O)N2CCc3ccccc3C2)cn1. The van der Waals surface area contributed by atoms with Crippen LogP contribution >= 0.6 is 0 Å². The fourth-order valence-electron chi connectivity index (χ4n) is 3.66. The summed E-state index contributed by atoms with van der Waals surface area (Å²) in [4.78, 5) is 23.5. The van der Waals surface area contributed by atoms with Crippen LogP contribution in [0.5, 0.6) is 0 Å². The van der Waals surface area contributed by atoms with E-state index in [-0.39, 0.29) is 5.91 Å². The summed E-state index contributed by atoms with van der Waals surface area (Å²) in [6.07, 6.45) is 5.01. The standard InChI is InChI=1S/C23H24N4O/c1-3-17-10-6-7-16(2)22(17)26-21-14-24-20(13-25-21)23(28)27-12-11-18-8-4-5-9-19(18)15-27/h4-10,13-14H,3,11-12,15H2,1-2H3,(H,25,26). The van der Waals surface area contributed by atoms with E-state index in [0.29, 0.717) is 24.6 Å². The lowest BCUT2D eigenvalue weighted by Crippen LogP contribution is -2.36. The Hall–Kier alpha value is -3.21. The van der Waals surface area contributed by atoms with Gasteiger partial charge >= 0.3 is 0 Å². The quantitative estimate of drug-likeness (QED) is 0.742. The summed E-state index contributed by atoms with van der Waals surface area (Å²) in [5.41, 5.74) is 6.36. The van der Waals surface area contributed by atoms with Crippen LogP contribution in [-0.2, 0) is 19.4 Å². The van der Waals surface area contributed by atoms with Gasteiger partial charge < -0.3 is 10.2 Å². The maximum Gasteiger partial charge on any atom is 0.274 e. The van der Waals surface area contributed by atoms with Gasteiger partial charge in [-0.25, -0.2) is 9.97 Å². The van der Waals surface area contributed by atoms with Crippen LogP contribution in [0.25, 0.3) is 0 Å². The first-order chi connectivity index (χ1) is 13.7. The molecule has 1 aliphatic heterocycles. The first kappa shape index (κ1) is 18.2. The van der Waals surface area contributed by atoms with E-state index in [4.69, 9.17) is 0 Å². The van der Waals surface area contributed by atoms with Crippen LogP contribution in [0.2, 0.25) is 0 Å². The molecular formula is C23H24N4O. The molecule has 0 saturated carbocycles. The average Bonchev–Trinajstić information content (AvgIpc) is 2.75. The van der Waals surface area contributed by atoms with Crippen LogP contribution in [0, 0.1) is 6.92 Å². The predicted octanol–water partition coefficient (Wildman–Crippen LogP) is 4.29. The van der Waals surface area contributed by atoms with Crippen molar-refractivity contribution in [1.82, 2.24) is 14.9 Å². The largest absolute Gasteiger partial charge is 0.339 e. The van der Waals surface area contributed by atoms with Gasteiger partial charge in [-0.15, -0.1) is 0 Å². The molecule has 2 aromatic carbocycles. The second-order valence-electron chi connectivity index (χ2n) is 7.12. The molecule has 4 rings (SSSR count). The van der Waals surface area contributed by atoms with E-state index < -0.39 is 0 Å². The number of nitrogens with zero attached hydrogens (tertiary/aromatic N) is 3. The number of aryl methyl sites for hydroxylation is 2. The average molecular weight is 372 g/mol. The first-order valence-electron chi connectivity index (χ1n) is 9.69. The fraction of sp³-hybridized carbons (Fsp3) is 0.261. The van der Waals surface area contributed by atoms with Crippen molar-refractivity contribution >= 4 is 17.4 Å². The highest BCUT2D eigenvalue weighted by atomic mass is 16.2. The third-order valence-corrected chi connectivity index (χ3v) is 5.28. The Balaban J connectivity index is 1.49. The van der Waals surface area contributed by atoms with Crippen LogP contribution in [0.4, 0.5) is 11.5 Å². The second kappa shape index (κ2) is 7.80. The van der Waals surface area contributed by atoms with Gasteiger partial charge in [0.05, 0.1) is 12.4 Å². The first-order valence-corrected chi connectivity index (χ1v) is 9.69. The Morgan fingerprint density at radius 1 is 1.07 bits per heavy atom. The molecule has 5 heteroatoms. The molecule has 0 spiro atoms. The topological polar surface area (TPSA) is 58.1 Å². The summed E-state index contributed by atoms with van der Waals surface area (Å²) in [5.74, 6) is 0.572. The zero-order valence-electron chi connectivity index (χ0n) is 16.3. The monoisotopic (exact) mass is 372 g/mol. The number of hydrogen-bond donors (Lipinski definition) is 1. The summed E-state index contributed by atoms with van der Waals surface area (Å²) >= 11 is 0. The number of aromatic nitrogens is 2. The van der Waals surface area contributed by atoms with Gasteiger partial charge in [0, 0.05) is 18.8 Å². The molecule has 0 saturated heterocycles. The molecule has 142 valence electrons. The highest BCUT2D eigenvalue weighted by Gasteiger charge is 2.22. The van der Waals surface area contributed by atoms with E-state index >= 15 is 0 Å². The Labute approximate surface area is 165 Å². The van der Waals surface area contributed by atoms with Crippen molar-refractivity contribution in [2.75, 3.05) is 11.9 Å². The van der Waals surface area contributed by atoms with Crippen molar-refractivity contribution in [3.05, 3.63) is 82.8 Å². The number of carbonyl (C=O) groups is 1. The molecule has 1 N–H and O–H groups in total. The van der Waals surface area contributed by atoms with Crippen molar-refractivity contribution in [2.45, 2.75) is 33.2 Å². The van der Waals surface area contributed by atoms with Crippen LogP contribution in [0.1, 0.15) is 39.7 Å². The van der Waals surface area contributed by atoms with Gasteiger partial charge in [-0.2, -0.15) is 0 Å². The van der Waals surface area contributed by atoms with Gasteiger partial charge in [-0.05, 0) is 42.0 Å². The second-order valence-corrected chi connectivity index (χ2v) is 7.12. The molecular weight excluding hydrogens is 348 g/mol. The van der Waals surface area contributed by atoms with Crippen LogP contribution in [0.3, 0.4) is 0 Å². The number of anilines is 2. The van der Waals surface area contributed by atoms with Crippen LogP contribution < -0.4 is 5.32 Å². The van der Waals surface area contributed by atoms with Gasteiger partial charge in [0.25, 0.3) is 5.91 Å². The van der Waals surface area contributed by atoms with Gasteiger partial charge in [0.2, 0.25) is 0 Å². The number of benzene rings is 2. The molecule has 2 heterocycles. The molecule has 1 aliphatic rings. The van der Waals surface area contributed by atoms with Crippen molar-refractivity contribution in [3.8, 4) is 0 Å². The number of nitrogens with one attached hydrogen (secondary N) is 1. The Morgan fingerprint density at radius 2 is 1.89 bits per heavy atom. The van der Waals surface area contributed by atoms with E-state index in [1.54, 1.807) is 12.4 Å². The molecule has 1 aromatic heterocycles. The summed E-state index contributed by atoms with van der Waals surface area (Å²) in [5, 5.41) is 3.35. The molecule has 0 fully saturated rings. The molecule has 0 bridgehead atoms. The van der Waals surface area contributed by atoms with E-state index in [1.807, 2.05) is 17.0 Å². The fourth-order valence-corrected chi connectivity index (χ4v) is 3.66. The molecule has 0 aliphatic carbocycles. The minimum absolute atomic E-state index is 0.0707. The minimum atomic E-state index is -0.0707. The molecule has 0 atom stereocenters. The summed E-state index contributed by atoms with van der Waals surface area (Å²) in [7, 11) is 0. The van der Waals surface area contributed by atoms with Crippen molar-refractivity contribution in [2.24, 2.45) is 0 Å². The maximum atomic E-state index is 12.8.